The molecule has 354 valence electrons. The molecule has 11 aromatic rings. The molecule has 0 aliphatic carbocycles. The van der Waals surface area contributed by atoms with Crippen LogP contribution in [0.2, 0.25) is 0 Å². The fourth-order valence-electron chi connectivity index (χ4n) is 10.5. The van der Waals surface area contributed by atoms with Gasteiger partial charge in [-0.15, -0.1) is 48.1 Å². The van der Waals surface area contributed by atoms with E-state index in [9.17, 15) is 0 Å². The number of fused-ring (bicyclic) bond motifs is 4. The van der Waals surface area contributed by atoms with Crippen molar-refractivity contribution < 1.29 is 25.8 Å². The van der Waals surface area contributed by atoms with E-state index in [0.29, 0.717) is 11.5 Å². The third-order valence-electron chi connectivity index (χ3n) is 14.0. The Morgan fingerprint density at radius 2 is 1.12 bits per heavy atom. The van der Waals surface area contributed by atoms with Crippen LogP contribution < -0.4 is 35.3 Å². The number of anilines is 4. The van der Waals surface area contributed by atoms with Crippen LogP contribution in [0, 0.1) is 25.7 Å². The minimum atomic E-state index is -2.73. The van der Waals surface area contributed by atoms with Gasteiger partial charge in [0.25, 0.3) is 0 Å². The molecule has 0 saturated heterocycles. The first-order valence-electron chi connectivity index (χ1n) is 24.3. The Hall–Kier alpha value is -7.76. The van der Waals surface area contributed by atoms with Gasteiger partial charge in [-0.3, -0.25) is 0 Å². The standard InChI is InChI=1S/C65H51N4OSi.Pt/c1-46-39-64(66-44-59(46)47-21-18-32-56(40-47)71(53-26-8-5-9-27-53,54-28-10-6-11-29-54)55-30-12-7-13-31-55)69-60-34-15-14-33-57(60)58-38-37-52(43-63(58)69)70-51-25-20-24-50(42-51)68-45-67(61-35-16-17-36-62(61)68)49-23-19-22-48(41-49)65(2,3)4;/h5-41,44-45H,1-4H3;/q-3;. The van der Waals surface area contributed by atoms with E-state index in [2.05, 4.69) is 267 Å². The van der Waals surface area contributed by atoms with Gasteiger partial charge in [0.2, 0.25) is 0 Å². The van der Waals surface area contributed by atoms with Crippen molar-refractivity contribution in [2.75, 3.05) is 9.80 Å². The summed E-state index contributed by atoms with van der Waals surface area (Å²) in [4.78, 5) is 9.68. The van der Waals surface area contributed by atoms with Gasteiger partial charge in [0.15, 0.2) is 8.07 Å². The zero-order chi connectivity index (χ0) is 48.1. The van der Waals surface area contributed by atoms with Gasteiger partial charge >= 0.3 is 0 Å². The maximum Gasteiger partial charge on any atom is 0.179 e. The van der Waals surface area contributed by atoms with Gasteiger partial charge in [0.05, 0.1) is 0 Å². The van der Waals surface area contributed by atoms with Crippen LogP contribution in [0.25, 0.3) is 38.8 Å². The molecule has 0 radical (unpaired) electrons. The molecule has 9 aromatic carbocycles. The van der Waals surface area contributed by atoms with Gasteiger partial charge in [-0.25, -0.2) is 4.98 Å². The Morgan fingerprint density at radius 3 is 1.81 bits per heavy atom. The molecule has 0 unspecified atom stereocenters. The summed E-state index contributed by atoms with van der Waals surface area (Å²) in [6.45, 7) is 11.1. The molecule has 2 aromatic heterocycles. The molecule has 1 aliphatic rings. The molecule has 3 heterocycles. The second kappa shape index (κ2) is 19.1. The molecule has 0 spiro atoms. The molecule has 1 aliphatic heterocycles. The maximum atomic E-state index is 6.67. The number of hydrogen-bond donors (Lipinski definition) is 0. The Bertz CT molecular complexity index is 3640. The van der Waals surface area contributed by atoms with Gasteiger partial charge in [-0.1, -0.05) is 184 Å². The number of benzene rings is 9. The summed E-state index contributed by atoms with van der Waals surface area (Å²) >= 11 is 0. The molecule has 0 saturated carbocycles. The number of para-hydroxylation sites is 3. The topological polar surface area (TPSA) is 33.5 Å². The average molecular weight is 1130 g/mol. The van der Waals surface area contributed by atoms with E-state index in [0.717, 1.165) is 67.1 Å². The zero-order valence-electron chi connectivity index (χ0n) is 40.5. The van der Waals surface area contributed by atoms with Crippen molar-refractivity contribution in [2.45, 2.75) is 33.1 Å². The maximum absolute atomic E-state index is 6.67. The summed E-state index contributed by atoms with van der Waals surface area (Å²) in [7, 11) is -2.73. The van der Waals surface area contributed by atoms with Crippen LogP contribution in [0.5, 0.6) is 11.5 Å². The van der Waals surface area contributed by atoms with Crippen molar-refractivity contribution in [1.82, 2.24) is 9.55 Å². The minimum Gasteiger partial charge on any atom is -0.509 e. The van der Waals surface area contributed by atoms with E-state index < -0.39 is 8.07 Å². The number of aromatic nitrogens is 2. The van der Waals surface area contributed by atoms with Crippen LogP contribution in [0.15, 0.2) is 231 Å². The van der Waals surface area contributed by atoms with Crippen molar-refractivity contribution in [2.24, 2.45) is 0 Å². The second-order valence-corrected chi connectivity index (χ2v) is 23.2. The number of nitrogens with zero attached hydrogens (tertiary/aromatic N) is 4. The van der Waals surface area contributed by atoms with Gasteiger partial charge in [0.1, 0.15) is 5.82 Å². The van der Waals surface area contributed by atoms with Crippen LogP contribution in [0.4, 0.5) is 22.7 Å². The second-order valence-electron chi connectivity index (χ2n) is 19.4. The summed E-state index contributed by atoms with van der Waals surface area (Å²) in [6.07, 6.45) is 2.04. The van der Waals surface area contributed by atoms with Gasteiger partial charge in [0, 0.05) is 66.9 Å². The van der Waals surface area contributed by atoms with E-state index in [1.165, 1.54) is 26.3 Å². The smallest absolute Gasteiger partial charge is 0.179 e. The monoisotopic (exact) mass is 1130 g/mol. The van der Waals surface area contributed by atoms with Crippen LogP contribution in [-0.2, 0) is 26.5 Å². The molecular formula is C65H51N4OPtSi-3. The number of ether oxygens (including phenoxy) is 1. The molecule has 5 nitrogen and oxygen atoms in total. The first kappa shape index (κ1) is 46.6. The van der Waals surface area contributed by atoms with Crippen LogP contribution in [0.1, 0.15) is 31.9 Å². The Labute approximate surface area is 437 Å². The molecule has 0 amide bonds. The van der Waals surface area contributed by atoms with E-state index >= 15 is 0 Å². The largest absolute Gasteiger partial charge is 0.509 e. The van der Waals surface area contributed by atoms with Crippen LogP contribution >= 0.6 is 0 Å². The molecule has 12 rings (SSSR count). The Kier molecular flexibility index (Phi) is 12.4. The Balaban J connectivity index is 0.00000560. The van der Waals surface area contributed by atoms with Crippen molar-refractivity contribution in [3.8, 4) is 28.4 Å². The van der Waals surface area contributed by atoms with Crippen molar-refractivity contribution in [3.63, 3.8) is 0 Å². The molecule has 0 fully saturated rings. The minimum absolute atomic E-state index is 0. The predicted octanol–water partition coefficient (Wildman–Crippen LogP) is 13.6. The van der Waals surface area contributed by atoms with Crippen LogP contribution in [0.3, 0.4) is 0 Å². The third-order valence-corrected chi connectivity index (χ3v) is 18.7. The third kappa shape index (κ3) is 8.25. The fraction of sp³-hybridized carbons (Fsp3) is 0.0769. The van der Waals surface area contributed by atoms with E-state index in [4.69, 9.17) is 9.72 Å². The molecule has 0 N–H and O–H groups in total. The predicted molar refractivity (Wildman–Crippen MR) is 297 cm³/mol. The van der Waals surface area contributed by atoms with Gasteiger partial charge in [-0.05, 0) is 91.6 Å². The zero-order valence-corrected chi connectivity index (χ0v) is 43.8. The number of rotatable bonds is 10. The van der Waals surface area contributed by atoms with Crippen molar-refractivity contribution >= 4 is 73.4 Å². The first-order chi connectivity index (χ1) is 34.7. The average Bonchev–Trinajstić information content (AvgIpc) is 3.96. The van der Waals surface area contributed by atoms with Gasteiger partial charge < -0.3 is 19.1 Å². The van der Waals surface area contributed by atoms with E-state index in [-0.39, 0.29) is 26.5 Å². The summed E-state index contributed by atoms with van der Waals surface area (Å²) in [5, 5.41) is 7.55. The van der Waals surface area contributed by atoms with Crippen molar-refractivity contribution in [1.29, 1.82) is 0 Å². The number of hydrogen-bond acceptors (Lipinski definition) is 4. The normalized spacial score (nSPS) is 12.5. The SMILES string of the molecule is Cc1cc(-n2c3[c-]c(Oc4[c-]c(N5[CH-]N(c6cccc(C(C)(C)C)c6)c6ccccc65)ccc4)ccc3c3ccccc32)ncc1-c1cccc([Si](c2ccccc2)(c2ccccc2)c2ccccc2)c1.[Pt]. The Morgan fingerprint density at radius 1 is 0.528 bits per heavy atom. The molecule has 0 bridgehead atoms. The molecular weight excluding hydrogens is 1080 g/mol. The quantitative estimate of drug-likeness (QED) is 0.0776. The fourth-order valence-corrected chi connectivity index (χ4v) is 15.3. The summed E-state index contributed by atoms with van der Waals surface area (Å²) in [5.74, 6) is 2.01. The van der Waals surface area contributed by atoms with E-state index in [1.54, 1.807) is 0 Å². The van der Waals surface area contributed by atoms with Crippen molar-refractivity contribution in [3.05, 3.63) is 261 Å². The van der Waals surface area contributed by atoms with Gasteiger partial charge in [-0.2, -0.15) is 12.1 Å². The summed E-state index contributed by atoms with van der Waals surface area (Å²) in [5.41, 5.74) is 10.8. The first-order valence-corrected chi connectivity index (χ1v) is 26.3. The summed E-state index contributed by atoms with van der Waals surface area (Å²) in [6, 6.07) is 87.8. The number of aryl methyl sites for hydroxylation is 1. The molecule has 0 atom stereocenters. The number of pyridine rings is 1. The van der Waals surface area contributed by atoms with Crippen LogP contribution in [-0.4, -0.2) is 17.6 Å². The molecule has 7 heteroatoms. The van der Waals surface area contributed by atoms with E-state index in [1.807, 2.05) is 24.4 Å². The molecule has 72 heavy (non-hydrogen) atoms. The summed E-state index contributed by atoms with van der Waals surface area (Å²) < 4.78 is 8.88.